The SMILES string of the molecule is CCCCCCCC/C=C/CCCCCCCCOP(=O)(N[C@H](Cc1cnc[nH]1)C(=O)OC)OCCCCCCCC/C=C/CCCCCCCC. The molecule has 0 unspecified atom stereocenters. The molecule has 0 aliphatic rings. The molecular weight excluding hydrogens is 669 g/mol. The standard InChI is InChI=1S/C43H80N3O5P/c1-4-6-8-10-12-14-16-18-20-22-24-26-28-30-32-34-36-50-52(48,46-42(43(47)49-3)38-41-39-44-40-45-41)51-37-35-33-31-29-27-25-23-21-19-17-15-13-11-9-7-5-2/h18-21,39-40,42H,4-17,22-38H2,1-3H3,(H,44,45)(H,46,48)/b20-18+,21-19+/t42-/m1/s1. The first-order valence-corrected chi connectivity index (χ1v) is 23.1. The molecule has 302 valence electrons. The van der Waals surface area contributed by atoms with Crippen molar-refractivity contribution in [2.75, 3.05) is 20.3 Å². The number of nitrogens with zero attached hydrogens (tertiary/aromatic N) is 1. The lowest BCUT2D eigenvalue weighted by molar-refractivity contribution is -0.142. The number of carbonyl (C=O) groups is 1. The molecule has 0 amide bonds. The third-order valence-corrected chi connectivity index (χ3v) is 11.3. The zero-order valence-electron chi connectivity index (χ0n) is 33.9. The third-order valence-electron chi connectivity index (χ3n) is 9.61. The summed E-state index contributed by atoms with van der Waals surface area (Å²) in [4.78, 5) is 19.7. The molecule has 0 aliphatic heterocycles. The van der Waals surface area contributed by atoms with Crippen LogP contribution in [0.15, 0.2) is 36.8 Å². The number of methoxy groups -OCH3 is 1. The van der Waals surface area contributed by atoms with Crippen molar-refractivity contribution in [2.24, 2.45) is 0 Å². The van der Waals surface area contributed by atoms with Crippen molar-refractivity contribution in [1.82, 2.24) is 15.1 Å². The van der Waals surface area contributed by atoms with Gasteiger partial charge in [-0.2, -0.15) is 0 Å². The van der Waals surface area contributed by atoms with Gasteiger partial charge in [0, 0.05) is 18.3 Å². The number of hydrogen-bond donors (Lipinski definition) is 2. The number of allylic oxidation sites excluding steroid dienone is 4. The van der Waals surface area contributed by atoms with Crippen LogP contribution < -0.4 is 5.09 Å². The maximum Gasteiger partial charge on any atom is 0.406 e. The Bertz CT molecular complexity index is 968. The third kappa shape index (κ3) is 29.7. The molecule has 0 saturated heterocycles. The van der Waals surface area contributed by atoms with Gasteiger partial charge in [0.2, 0.25) is 0 Å². The number of ether oxygens (including phenoxy) is 1. The first-order chi connectivity index (χ1) is 25.5. The first kappa shape index (κ1) is 48.3. The Labute approximate surface area is 320 Å². The molecule has 0 radical (unpaired) electrons. The van der Waals surface area contributed by atoms with Crippen LogP contribution in [0.5, 0.6) is 0 Å². The summed E-state index contributed by atoms with van der Waals surface area (Å²) in [5.74, 6) is -0.517. The minimum absolute atomic E-state index is 0.242. The van der Waals surface area contributed by atoms with Gasteiger partial charge in [-0.15, -0.1) is 0 Å². The van der Waals surface area contributed by atoms with E-state index in [1.807, 2.05) is 0 Å². The molecule has 8 nitrogen and oxygen atoms in total. The predicted molar refractivity (Wildman–Crippen MR) is 220 cm³/mol. The number of H-pyrrole nitrogens is 1. The smallest absolute Gasteiger partial charge is 0.406 e. The van der Waals surface area contributed by atoms with Crippen LogP contribution in [0, 0.1) is 0 Å². The molecule has 0 aliphatic carbocycles. The Morgan fingerprint density at radius 3 is 1.40 bits per heavy atom. The van der Waals surface area contributed by atoms with Crippen molar-refractivity contribution >= 4 is 13.7 Å². The summed E-state index contributed by atoms with van der Waals surface area (Å²) >= 11 is 0. The van der Waals surface area contributed by atoms with Crippen LogP contribution in [0.1, 0.15) is 199 Å². The summed E-state index contributed by atoms with van der Waals surface area (Å²) in [5.41, 5.74) is 0.732. The quantitative estimate of drug-likeness (QED) is 0.0299. The van der Waals surface area contributed by atoms with Crippen molar-refractivity contribution in [1.29, 1.82) is 0 Å². The minimum atomic E-state index is -3.74. The lowest BCUT2D eigenvalue weighted by Crippen LogP contribution is -2.38. The van der Waals surface area contributed by atoms with E-state index in [1.165, 1.54) is 148 Å². The fraction of sp³-hybridized carbons (Fsp3) is 0.814. The molecule has 1 aromatic heterocycles. The van der Waals surface area contributed by atoms with Gasteiger partial charge in [-0.3, -0.25) is 13.8 Å². The highest BCUT2D eigenvalue weighted by molar-refractivity contribution is 7.51. The number of unbranched alkanes of at least 4 members (excludes halogenated alkanes) is 24. The van der Waals surface area contributed by atoms with Crippen LogP contribution in [-0.2, 0) is 29.6 Å². The molecule has 0 bridgehead atoms. The molecule has 0 aromatic carbocycles. The minimum Gasteiger partial charge on any atom is -0.468 e. The van der Waals surface area contributed by atoms with Crippen molar-refractivity contribution < 1.29 is 23.1 Å². The van der Waals surface area contributed by atoms with Crippen LogP contribution in [-0.4, -0.2) is 42.3 Å². The molecule has 1 rings (SSSR count). The van der Waals surface area contributed by atoms with Gasteiger partial charge >= 0.3 is 13.7 Å². The van der Waals surface area contributed by atoms with Gasteiger partial charge in [-0.25, -0.2) is 14.6 Å². The largest absolute Gasteiger partial charge is 0.468 e. The molecule has 0 fully saturated rings. The Hall–Kier alpha value is -1.73. The molecule has 0 spiro atoms. The number of esters is 1. The van der Waals surface area contributed by atoms with Crippen molar-refractivity contribution in [3.05, 3.63) is 42.5 Å². The van der Waals surface area contributed by atoms with Crippen molar-refractivity contribution in [3.63, 3.8) is 0 Å². The number of imidazole rings is 1. The van der Waals surface area contributed by atoms with Gasteiger partial charge in [0.25, 0.3) is 0 Å². The van der Waals surface area contributed by atoms with Crippen LogP contribution >= 0.6 is 7.75 Å². The second kappa shape index (κ2) is 36.3. The van der Waals surface area contributed by atoms with Gasteiger partial charge in [-0.1, -0.05) is 154 Å². The second-order valence-corrected chi connectivity index (χ2v) is 16.3. The van der Waals surface area contributed by atoms with Crippen molar-refractivity contribution in [3.8, 4) is 0 Å². The molecule has 2 N–H and O–H groups in total. The molecule has 9 heteroatoms. The van der Waals surface area contributed by atoms with E-state index in [9.17, 15) is 9.36 Å². The van der Waals surface area contributed by atoms with E-state index in [2.05, 4.69) is 53.2 Å². The maximum atomic E-state index is 13.9. The van der Waals surface area contributed by atoms with Crippen LogP contribution in [0.4, 0.5) is 0 Å². The summed E-state index contributed by atoms with van der Waals surface area (Å²) in [7, 11) is -2.41. The van der Waals surface area contributed by atoms with Gasteiger partial charge in [0.15, 0.2) is 0 Å². The summed E-state index contributed by atoms with van der Waals surface area (Å²) in [6.07, 6.45) is 47.1. The Balaban J connectivity index is 2.31. The molecule has 1 aromatic rings. The summed E-state index contributed by atoms with van der Waals surface area (Å²) < 4.78 is 30.7. The second-order valence-electron chi connectivity index (χ2n) is 14.5. The zero-order valence-corrected chi connectivity index (χ0v) is 34.8. The lowest BCUT2D eigenvalue weighted by atomic mass is 10.1. The fourth-order valence-corrected chi connectivity index (χ4v) is 7.85. The van der Waals surface area contributed by atoms with Gasteiger partial charge in [-0.05, 0) is 64.2 Å². The molecular formula is C43H80N3O5P. The molecule has 1 atom stereocenters. The van der Waals surface area contributed by atoms with Gasteiger partial charge in [0.1, 0.15) is 6.04 Å². The Morgan fingerprint density at radius 2 is 1.04 bits per heavy atom. The van der Waals surface area contributed by atoms with Gasteiger partial charge in [0.05, 0.1) is 26.7 Å². The number of hydrogen-bond acceptors (Lipinski definition) is 6. The predicted octanol–water partition coefficient (Wildman–Crippen LogP) is 13.3. The van der Waals surface area contributed by atoms with E-state index in [1.54, 1.807) is 12.5 Å². The average Bonchev–Trinajstić information content (AvgIpc) is 3.67. The van der Waals surface area contributed by atoms with E-state index in [0.29, 0.717) is 13.2 Å². The normalized spacial score (nSPS) is 12.8. The Morgan fingerprint density at radius 1 is 0.654 bits per heavy atom. The first-order valence-electron chi connectivity index (χ1n) is 21.6. The highest BCUT2D eigenvalue weighted by Gasteiger charge is 2.33. The van der Waals surface area contributed by atoms with Crippen LogP contribution in [0.2, 0.25) is 0 Å². The fourth-order valence-electron chi connectivity index (χ4n) is 6.31. The topological polar surface area (TPSA) is 103 Å². The number of carbonyl (C=O) groups excluding carboxylic acids is 1. The highest BCUT2D eigenvalue weighted by Crippen LogP contribution is 2.45. The number of aromatic amines is 1. The zero-order chi connectivity index (χ0) is 37.6. The highest BCUT2D eigenvalue weighted by atomic mass is 31.2. The average molecular weight is 750 g/mol. The van der Waals surface area contributed by atoms with Crippen molar-refractivity contribution in [2.45, 2.75) is 206 Å². The summed E-state index contributed by atoms with van der Waals surface area (Å²) in [6, 6.07) is -0.879. The van der Waals surface area contributed by atoms with E-state index < -0.39 is 19.8 Å². The lowest BCUT2D eigenvalue weighted by Gasteiger charge is -2.24. The Kier molecular flexibility index (Phi) is 33.7. The van der Waals surface area contributed by atoms with Crippen LogP contribution in [0.3, 0.4) is 0 Å². The van der Waals surface area contributed by atoms with E-state index >= 15 is 0 Å². The number of nitrogens with one attached hydrogen (secondary N) is 2. The van der Waals surface area contributed by atoms with E-state index in [-0.39, 0.29) is 6.42 Å². The monoisotopic (exact) mass is 750 g/mol. The summed E-state index contributed by atoms with van der Waals surface area (Å²) in [6.45, 7) is 5.17. The molecule has 1 heterocycles. The van der Waals surface area contributed by atoms with Gasteiger partial charge < -0.3 is 9.72 Å². The van der Waals surface area contributed by atoms with E-state index in [0.717, 1.165) is 44.2 Å². The maximum absolute atomic E-state index is 13.9. The van der Waals surface area contributed by atoms with E-state index in [4.69, 9.17) is 13.8 Å². The molecule has 52 heavy (non-hydrogen) atoms. The van der Waals surface area contributed by atoms with Crippen LogP contribution in [0.25, 0.3) is 0 Å². The number of rotatable bonds is 39. The molecule has 0 saturated carbocycles. The number of aromatic nitrogens is 2. The summed E-state index contributed by atoms with van der Waals surface area (Å²) in [5, 5.41) is 2.90.